The second kappa shape index (κ2) is 4.64. The van der Waals surface area contributed by atoms with Gasteiger partial charge in [0.2, 0.25) is 0 Å². The van der Waals surface area contributed by atoms with Gasteiger partial charge >= 0.3 is 0 Å². The molecule has 0 aliphatic rings. The number of aromatic nitrogens is 5. The Labute approximate surface area is 117 Å². The van der Waals surface area contributed by atoms with Crippen molar-refractivity contribution in [3.05, 3.63) is 50.4 Å². The number of nitrogens with zero attached hydrogens (tertiary/aromatic N) is 4. The van der Waals surface area contributed by atoms with Gasteiger partial charge in [0.15, 0.2) is 5.52 Å². The number of nitrogens with one attached hydrogen (secondary N) is 1. The fraction of sp³-hybridized carbons (Fsp3) is 0.0909. The monoisotopic (exact) mass is 295 g/mol. The highest BCUT2D eigenvalue weighted by molar-refractivity contribution is 6.35. The van der Waals surface area contributed by atoms with Crippen LogP contribution in [-0.4, -0.2) is 25.2 Å². The number of benzene rings is 1. The SMILES string of the molecule is O=c1c2[nH]ncc2nnn1Cc1ccc(Cl)cc1Cl. The fourth-order valence-electron chi connectivity index (χ4n) is 1.70. The Bertz CT molecular complexity index is 810. The molecule has 19 heavy (non-hydrogen) atoms. The molecule has 0 aliphatic heterocycles. The van der Waals surface area contributed by atoms with Gasteiger partial charge < -0.3 is 0 Å². The number of hydrogen-bond acceptors (Lipinski definition) is 4. The van der Waals surface area contributed by atoms with E-state index in [0.717, 1.165) is 5.56 Å². The molecule has 96 valence electrons. The van der Waals surface area contributed by atoms with E-state index in [2.05, 4.69) is 20.5 Å². The Hall–Kier alpha value is -1.92. The Morgan fingerprint density at radius 1 is 1.32 bits per heavy atom. The number of fused-ring (bicyclic) bond motifs is 1. The van der Waals surface area contributed by atoms with Gasteiger partial charge in [0.1, 0.15) is 5.52 Å². The van der Waals surface area contributed by atoms with Crippen molar-refractivity contribution in [3.8, 4) is 0 Å². The molecule has 1 aromatic carbocycles. The zero-order valence-electron chi connectivity index (χ0n) is 9.47. The molecule has 0 atom stereocenters. The normalized spacial score (nSPS) is 11.1. The summed E-state index contributed by atoms with van der Waals surface area (Å²) in [6.07, 6.45) is 1.45. The van der Waals surface area contributed by atoms with Crippen LogP contribution in [0.15, 0.2) is 29.2 Å². The highest BCUT2D eigenvalue weighted by Crippen LogP contribution is 2.21. The molecule has 3 rings (SSSR count). The summed E-state index contributed by atoms with van der Waals surface area (Å²) in [6, 6.07) is 5.07. The summed E-state index contributed by atoms with van der Waals surface area (Å²) in [4.78, 5) is 12.1. The average molecular weight is 296 g/mol. The van der Waals surface area contributed by atoms with Crippen LogP contribution in [0.4, 0.5) is 0 Å². The second-order valence-electron chi connectivity index (χ2n) is 3.92. The van der Waals surface area contributed by atoms with E-state index in [9.17, 15) is 4.79 Å². The molecule has 0 spiro atoms. The van der Waals surface area contributed by atoms with Crippen LogP contribution >= 0.6 is 23.2 Å². The van der Waals surface area contributed by atoms with E-state index >= 15 is 0 Å². The molecule has 0 bridgehead atoms. The Balaban J connectivity index is 2.05. The van der Waals surface area contributed by atoms with Crippen molar-refractivity contribution in [3.63, 3.8) is 0 Å². The van der Waals surface area contributed by atoms with Gasteiger partial charge in [-0.1, -0.05) is 34.5 Å². The Morgan fingerprint density at radius 3 is 2.95 bits per heavy atom. The topological polar surface area (TPSA) is 76.5 Å². The van der Waals surface area contributed by atoms with Crippen molar-refractivity contribution in [2.24, 2.45) is 0 Å². The Morgan fingerprint density at radius 2 is 2.16 bits per heavy atom. The quantitative estimate of drug-likeness (QED) is 0.783. The van der Waals surface area contributed by atoms with Gasteiger partial charge in [0.05, 0.1) is 12.7 Å². The molecule has 2 heterocycles. The van der Waals surface area contributed by atoms with Gasteiger partial charge in [0, 0.05) is 10.0 Å². The predicted octanol–water partition coefficient (Wildman–Crippen LogP) is 1.87. The van der Waals surface area contributed by atoms with E-state index in [-0.39, 0.29) is 12.1 Å². The third-order valence-corrected chi connectivity index (χ3v) is 3.25. The molecule has 0 aliphatic carbocycles. The van der Waals surface area contributed by atoms with Crippen molar-refractivity contribution >= 4 is 34.2 Å². The summed E-state index contributed by atoms with van der Waals surface area (Å²) < 4.78 is 1.22. The lowest BCUT2D eigenvalue weighted by molar-refractivity contribution is 0.600. The number of hydrogen-bond donors (Lipinski definition) is 1. The number of halogens is 2. The summed E-state index contributed by atoms with van der Waals surface area (Å²) in [5.74, 6) is 0. The minimum absolute atomic E-state index is 0.219. The molecule has 0 saturated heterocycles. The van der Waals surface area contributed by atoms with Gasteiger partial charge in [-0.25, -0.2) is 4.68 Å². The van der Waals surface area contributed by atoms with Gasteiger partial charge in [-0.3, -0.25) is 9.89 Å². The summed E-state index contributed by atoms with van der Waals surface area (Å²) in [7, 11) is 0. The van der Waals surface area contributed by atoms with Crippen molar-refractivity contribution in [2.75, 3.05) is 0 Å². The first-order valence-electron chi connectivity index (χ1n) is 5.36. The lowest BCUT2D eigenvalue weighted by Crippen LogP contribution is -2.24. The zero-order chi connectivity index (χ0) is 13.4. The molecular formula is C11H7Cl2N5O. The molecule has 0 saturated carbocycles. The maximum absolute atomic E-state index is 12.1. The maximum atomic E-state index is 12.1. The standard InChI is InChI=1S/C11H7Cl2N5O/c12-7-2-1-6(8(13)3-7)5-18-11(19)10-9(15-17-18)4-14-16-10/h1-4H,5H2,(H,14,16). The molecule has 3 aromatic rings. The van der Waals surface area contributed by atoms with Crippen LogP contribution in [-0.2, 0) is 6.54 Å². The lowest BCUT2D eigenvalue weighted by atomic mass is 10.2. The van der Waals surface area contributed by atoms with Crippen molar-refractivity contribution in [1.82, 2.24) is 25.2 Å². The largest absolute Gasteiger partial charge is 0.295 e. The average Bonchev–Trinajstić information content (AvgIpc) is 2.85. The van der Waals surface area contributed by atoms with E-state index < -0.39 is 0 Å². The number of H-pyrrole nitrogens is 1. The minimum atomic E-state index is -0.298. The van der Waals surface area contributed by atoms with Crippen LogP contribution in [0.1, 0.15) is 5.56 Å². The van der Waals surface area contributed by atoms with Crippen LogP contribution in [0.3, 0.4) is 0 Å². The van der Waals surface area contributed by atoms with Crippen molar-refractivity contribution < 1.29 is 0 Å². The fourth-order valence-corrected chi connectivity index (χ4v) is 2.17. The first-order valence-corrected chi connectivity index (χ1v) is 6.11. The van der Waals surface area contributed by atoms with Crippen molar-refractivity contribution in [1.29, 1.82) is 0 Å². The lowest BCUT2D eigenvalue weighted by Gasteiger charge is -2.05. The molecule has 0 unspecified atom stereocenters. The molecule has 2 aromatic heterocycles. The van der Waals surface area contributed by atoms with Crippen LogP contribution < -0.4 is 5.56 Å². The van der Waals surface area contributed by atoms with Crippen LogP contribution in [0.25, 0.3) is 11.0 Å². The molecule has 8 heteroatoms. The van der Waals surface area contributed by atoms with Gasteiger partial charge in [-0.05, 0) is 17.7 Å². The predicted molar refractivity (Wildman–Crippen MR) is 71.5 cm³/mol. The first kappa shape index (κ1) is 12.1. The number of rotatable bonds is 2. The van der Waals surface area contributed by atoms with E-state index in [1.807, 2.05) is 0 Å². The second-order valence-corrected chi connectivity index (χ2v) is 4.76. The zero-order valence-corrected chi connectivity index (χ0v) is 11.0. The van der Waals surface area contributed by atoms with Gasteiger partial charge in [-0.2, -0.15) is 5.10 Å². The summed E-state index contributed by atoms with van der Waals surface area (Å²) in [6.45, 7) is 0.219. The third-order valence-electron chi connectivity index (χ3n) is 2.66. The third kappa shape index (κ3) is 2.20. The smallest absolute Gasteiger partial charge is 0.271 e. The van der Waals surface area contributed by atoms with Crippen LogP contribution in [0.5, 0.6) is 0 Å². The van der Waals surface area contributed by atoms with Gasteiger partial charge in [-0.15, -0.1) is 5.10 Å². The molecule has 0 fully saturated rings. The molecule has 1 N–H and O–H groups in total. The van der Waals surface area contributed by atoms with Crippen LogP contribution in [0, 0.1) is 0 Å². The highest BCUT2D eigenvalue weighted by atomic mass is 35.5. The van der Waals surface area contributed by atoms with Gasteiger partial charge in [0.25, 0.3) is 5.56 Å². The van der Waals surface area contributed by atoms with E-state index in [4.69, 9.17) is 23.2 Å². The van der Waals surface area contributed by atoms with E-state index in [1.54, 1.807) is 18.2 Å². The summed E-state index contributed by atoms with van der Waals surface area (Å²) in [5.41, 5.74) is 1.19. The maximum Gasteiger partial charge on any atom is 0.295 e. The molecule has 0 radical (unpaired) electrons. The van der Waals surface area contributed by atoms with Crippen LogP contribution in [0.2, 0.25) is 10.0 Å². The molecule has 6 nitrogen and oxygen atoms in total. The minimum Gasteiger partial charge on any atom is -0.271 e. The van der Waals surface area contributed by atoms with Crippen molar-refractivity contribution in [2.45, 2.75) is 6.54 Å². The first-order chi connectivity index (χ1) is 9.15. The highest BCUT2D eigenvalue weighted by Gasteiger charge is 2.09. The summed E-state index contributed by atoms with van der Waals surface area (Å²) in [5, 5.41) is 15.1. The Kier molecular flexibility index (Phi) is 2.96. The molecular weight excluding hydrogens is 289 g/mol. The summed E-state index contributed by atoms with van der Waals surface area (Å²) >= 11 is 11.9. The van der Waals surface area contributed by atoms with E-state index in [0.29, 0.717) is 21.1 Å². The molecule has 0 amide bonds. The number of aromatic amines is 1. The van der Waals surface area contributed by atoms with E-state index in [1.165, 1.54) is 10.9 Å².